The van der Waals surface area contributed by atoms with E-state index >= 15 is 0 Å². The lowest BCUT2D eigenvalue weighted by Crippen LogP contribution is -2.42. The maximum Gasteiger partial charge on any atom is 0.240 e. The van der Waals surface area contributed by atoms with Crippen LogP contribution < -0.4 is 11.1 Å². The molecule has 1 fully saturated rings. The van der Waals surface area contributed by atoms with Gasteiger partial charge < -0.3 is 11.1 Å². The van der Waals surface area contributed by atoms with E-state index < -0.39 is 5.54 Å². The molecule has 0 radical (unpaired) electrons. The first kappa shape index (κ1) is 10.6. The highest BCUT2D eigenvalue weighted by Crippen LogP contribution is 2.32. The Labute approximate surface area is 92.9 Å². The van der Waals surface area contributed by atoms with Crippen LogP contribution in [0.4, 0.5) is 0 Å². The Balaban J connectivity index is 1.93. The lowest BCUT2D eigenvalue weighted by molar-refractivity contribution is -0.123. The molecule has 0 aromatic carbocycles. The van der Waals surface area contributed by atoms with Crippen LogP contribution in [0, 0.1) is 13.8 Å². The second-order valence-corrected chi connectivity index (χ2v) is 5.37. The molecule has 0 bridgehead atoms. The fraction of sp³-hybridized carbons (Fsp3) is 0.600. The molecule has 0 spiro atoms. The van der Waals surface area contributed by atoms with Gasteiger partial charge in [-0.25, -0.2) is 4.98 Å². The second kappa shape index (κ2) is 3.57. The molecule has 3 N–H and O–H groups in total. The van der Waals surface area contributed by atoms with Gasteiger partial charge in [-0.3, -0.25) is 4.79 Å². The fourth-order valence-corrected chi connectivity index (χ4v) is 2.31. The van der Waals surface area contributed by atoms with Gasteiger partial charge >= 0.3 is 0 Å². The molecule has 0 aliphatic heterocycles. The van der Waals surface area contributed by atoms with Gasteiger partial charge in [0, 0.05) is 4.88 Å². The van der Waals surface area contributed by atoms with E-state index in [-0.39, 0.29) is 5.91 Å². The van der Waals surface area contributed by atoms with Crippen molar-refractivity contribution in [2.45, 2.75) is 38.8 Å². The number of carbonyl (C=O) groups is 1. The highest BCUT2D eigenvalue weighted by molar-refractivity contribution is 7.11. The van der Waals surface area contributed by atoms with Crippen LogP contribution >= 0.6 is 11.3 Å². The summed E-state index contributed by atoms with van der Waals surface area (Å²) in [6.45, 7) is 4.48. The quantitative estimate of drug-likeness (QED) is 0.802. The molecule has 1 saturated carbocycles. The van der Waals surface area contributed by atoms with Gasteiger partial charge in [0.05, 0.1) is 22.8 Å². The third-order valence-corrected chi connectivity index (χ3v) is 3.72. The highest BCUT2D eigenvalue weighted by Gasteiger charge is 2.45. The first-order valence-corrected chi connectivity index (χ1v) is 5.83. The van der Waals surface area contributed by atoms with Crippen molar-refractivity contribution in [3.8, 4) is 0 Å². The van der Waals surface area contributed by atoms with E-state index in [1.54, 1.807) is 11.3 Å². The molecule has 82 valence electrons. The average Bonchev–Trinajstić information content (AvgIpc) is 2.83. The first-order valence-electron chi connectivity index (χ1n) is 5.01. The van der Waals surface area contributed by atoms with Gasteiger partial charge in [-0.2, -0.15) is 0 Å². The lowest BCUT2D eigenvalue weighted by Gasteiger charge is -2.08. The van der Waals surface area contributed by atoms with E-state index in [0.29, 0.717) is 6.54 Å². The molecule has 1 heterocycles. The zero-order valence-electron chi connectivity index (χ0n) is 8.96. The van der Waals surface area contributed by atoms with Crippen LogP contribution in [0.25, 0.3) is 0 Å². The minimum Gasteiger partial charge on any atom is -0.350 e. The smallest absolute Gasteiger partial charge is 0.240 e. The second-order valence-electron chi connectivity index (χ2n) is 4.08. The largest absolute Gasteiger partial charge is 0.350 e. The van der Waals surface area contributed by atoms with Gasteiger partial charge in [-0.05, 0) is 26.7 Å². The van der Waals surface area contributed by atoms with Crippen LogP contribution in [0.1, 0.15) is 28.4 Å². The summed E-state index contributed by atoms with van der Waals surface area (Å²) in [7, 11) is 0. The van der Waals surface area contributed by atoms with Gasteiger partial charge in [-0.15, -0.1) is 11.3 Å². The molecule has 1 amide bonds. The van der Waals surface area contributed by atoms with Crippen molar-refractivity contribution < 1.29 is 4.79 Å². The van der Waals surface area contributed by atoms with Crippen molar-refractivity contribution in [3.63, 3.8) is 0 Å². The number of thiazole rings is 1. The normalized spacial score (nSPS) is 17.5. The number of carbonyl (C=O) groups excluding carboxylic acids is 1. The van der Waals surface area contributed by atoms with Crippen LogP contribution in [0.5, 0.6) is 0 Å². The Bertz CT molecular complexity index is 395. The van der Waals surface area contributed by atoms with E-state index in [0.717, 1.165) is 28.4 Å². The van der Waals surface area contributed by atoms with E-state index in [4.69, 9.17) is 5.73 Å². The van der Waals surface area contributed by atoms with Crippen LogP contribution in [-0.4, -0.2) is 16.4 Å². The molecule has 0 unspecified atom stereocenters. The molecule has 0 saturated heterocycles. The minimum absolute atomic E-state index is 0.0343. The first-order chi connectivity index (χ1) is 7.01. The van der Waals surface area contributed by atoms with E-state index in [1.165, 1.54) is 0 Å². The summed E-state index contributed by atoms with van der Waals surface area (Å²) in [6.07, 6.45) is 1.61. The molecular weight excluding hydrogens is 210 g/mol. The van der Waals surface area contributed by atoms with Crippen molar-refractivity contribution in [2.24, 2.45) is 5.73 Å². The molecular formula is C10H15N3OS. The molecule has 5 heteroatoms. The van der Waals surface area contributed by atoms with Gasteiger partial charge in [0.1, 0.15) is 0 Å². The molecule has 1 aromatic rings. The number of aryl methyl sites for hydroxylation is 2. The number of nitrogens with zero attached hydrogens (tertiary/aromatic N) is 1. The predicted octanol–water partition coefficient (Wildman–Crippen LogP) is 0.867. The number of nitrogens with one attached hydrogen (secondary N) is 1. The Hall–Kier alpha value is -0.940. The standard InChI is InChI=1S/C10H15N3OS/c1-6-8(15-7(2)13-6)5-12-9(14)10(11)3-4-10/h3-5,11H2,1-2H3,(H,12,14). The van der Waals surface area contributed by atoms with E-state index in [1.807, 2.05) is 13.8 Å². The van der Waals surface area contributed by atoms with Crippen LogP contribution in [-0.2, 0) is 11.3 Å². The molecule has 1 aromatic heterocycles. The number of amides is 1. The number of hydrogen-bond acceptors (Lipinski definition) is 4. The Morgan fingerprint density at radius 1 is 1.60 bits per heavy atom. The summed E-state index contributed by atoms with van der Waals surface area (Å²) in [6, 6.07) is 0. The zero-order chi connectivity index (χ0) is 11.1. The topological polar surface area (TPSA) is 68.0 Å². The number of hydrogen-bond donors (Lipinski definition) is 2. The number of rotatable bonds is 3. The van der Waals surface area contributed by atoms with Crippen LogP contribution in [0.2, 0.25) is 0 Å². The van der Waals surface area contributed by atoms with E-state index in [9.17, 15) is 4.79 Å². The third-order valence-electron chi connectivity index (χ3n) is 2.65. The maximum atomic E-state index is 11.6. The van der Waals surface area contributed by atoms with Crippen molar-refractivity contribution >= 4 is 17.2 Å². The average molecular weight is 225 g/mol. The van der Waals surface area contributed by atoms with Gasteiger partial charge in [0.15, 0.2) is 0 Å². The predicted molar refractivity (Wildman–Crippen MR) is 59.6 cm³/mol. The fourth-order valence-electron chi connectivity index (χ4n) is 1.44. The van der Waals surface area contributed by atoms with Gasteiger partial charge in [0.2, 0.25) is 5.91 Å². The number of nitrogens with two attached hydrogens (primary N) is 1. The summed E-state index contributed by atoms with van der Waals surface area (Å²) in [5.74, 6) is -0.0343. The molecule has 15 heavy (non-hydrogen) atoms. The van der Waals surface area contributed by atoms with Crippen LogP contribution in [0.3, 0.4) is 0 Å². The molecule has 1 aliphatic rings. The summed E-state index contributed by atoms with van der Waals surface area (Å²) in [5, 5.41) is 3.90. The third kappa shape index (κ3) is 2.18. The monoisotopic (exact) mass is 225 g/mol. The summed E-state index contributed by atoms with van der Waals surface area (Å²) >= 11 is 1.62. The summed E-state index contributed by atoms with van der Waals surface area (Å²) in [5.41, 5.74) is 6.20. The van der Waals surface area contributed by atoms with E-state index in [2.05, 4.69) is 10.3 Å². The molecule has 1 aliphatic carbocycles. The summed E-state index contributed by atoms with van der Waals surface area (Å²) in [4.78, 5) is 17.0. The lowest BCUT2D eigenvalue weighted by atomic mass is 10.2. The molecule has 4 nitrogen and oxygen atoms in total. The van der Waals surface area contributed by atoms with Crippen molar-refractivity contribution in [3.05, 3.63) is 15.6 Å². The van der Waals surface area contributed by atoms with Crippen molar-refractivity contribution in [1.82, 2.24) is 10.3 Å². The van der Waals surface area contributed by atoms with Gasteiger partial charge in [0.25, 0.3) is 0 Å². The molecule has 2 rings (SSSR count). The van der Waals surface area contributed by atoms with Crippen molar-refractivity contribution in [2.75, 3.05) is 0 Å². The van der Waals surface area contributed by atoms with Gasteiger partial charge in [-0.1, -0.05) is 0 Å². The minimum atomic E-state index is -0.576. The maximum absolute atomic E-state index is 11.6. The molecule has 0 atom stereocenters. The summed E-state index contributed by atoms with van der Waals surface area (Å²) < 4.78 is 0. The zero-order valence-corrected chi connectivity index (χ0v) is 9.78. The van der Waals surface area contributed by atoms with Crippen molar-refractivity contribution in [1.29, 1.82) is 0 Å². The SMILES string of the molecule is Cc1nc(C)c(CNC(=O)C2(N)CC2)s1. The number of aromatic nitrogens is 1. The Morgan fingerprint density at radius 3 is 2.73 bits per heavy atom. The van der Waals surface area contributed by atoms with Crippen LogP contribution in [0.15, 0.2) is 0 Å². The Morgan fingerprint density at radius 2 is 2.27 bits per heavy atom. The highest BCUT2D eigenvalue weighted by atomic mass is 32.1. The Kier molecular flexibility index (Phi) is 2.52.